The van der Waals surface area contributed by atoms with Crippen LogP contribution < -0.4 is 10.6 Å². The molecule has 0 radical (unpaired) electrons. The van der Waals surface area contributed by atoms with Gasteiger partial charge in [-0.25, -0.2) is 4.79 Å². The summed E-state index contributed by atoms with van der Waals surface area (Å²) in [6.45, 7) is 0.648. The maximum Gasteiger partial charge on any atom is 0.426 e. The number of aliphatic hydroxyl groups is 1. The van der Waals surface area contributed by atoms with Gasteiger partial charge >= 0.3 is 18.4 Å². The summed E-state index contributed by atoms with van der Waals surface area (Å²) < 4.78 is 74.6. The van der Waals surface area contributed by atoms with Gasteiger partial charge in [-0.1, -0.05) is 0 Å². The van der Waals surface area contributed by atoms with Crippen LogP contribution in [0.15, 0.2) is 0 Å². The Kier molecular flexibility index (Phi) is 3.26. The van der Waals surface area contributed by atoms with Gasteiger partial charge in [0.2, 0.25) is 0 Å². The molecule has 0 saturated carbocycles. The van der Waals surface area contributed by atoms with Crippen LogP contribution in [0.3, 0.4) is 0 Å². The third kappa shape index (κ3) is 2.46. The summed E-state index contributed by atoms with van der Waals surface area (Å²) in [4.78, 5) is 22.0. The molecular weight excluding hydrogens is 286 g/mol. The normalized spacial score (nSPS) is 25.3. The minimum absolute atomic E-state index is 0.648. The molecule has 0 unspecified atom stereocenters. The molecule has 3 N–H and O–H groups in total. The lowest BCUT2D eigenvalue weighted by molar-refractivity contribution is -0.372. The van der Waals surface area contributed by atoms with Crippen LogP contribution in [0.1, 0.15) is 13.3 Å². The Morgan fingerprint density at radius 1 is 1.11 bits per heavy atom. The molecule has 0 aromatic heterocycles. The maximum absolute atomic E-state index is 12.4. The van der Waals surface area contributed by atoms with Crippen molar-refractivity contribution in [2.24, 2.45) is 0 Å². The number of nitrogens with one attached hydrogen (secondary N) is 2. The Bertz CT molecular complexity index is 404. The van der Waals surface area contributed by atoms with E-state index in [0.717, 1.165) is 0 Å². The van der Waals surface area contributed by atoms with Gasteiger partial charge in [0.05, 0.1) is 0 Å². The number of imide groups is 1. The molecule has 5 nitrogen and oxygen atoms in total. The van der Waals surface area contributed by atoms with Crippen LogP contribution in [-0.4, -0.2) is 40.5 Å². The van der Waals surface area contributed by atoms with Crippen molar-refractivity contribution in [3.05, 3.63) is 0 Å². The molecule has 1 heterocycles. The van der Waals surface area contributed by atoms with E-state index in [2.05, 4.69) is 0 Å². The van der Waals surface area contributed by atoms with Crippen LogP contribution in [0.5, 0.6) is 0 Å². The molecule has 0 aromatic carbocycles. The highest BCUT2D eigenvalue weighted by molar-refractivity contribution is 6.06. The average Bonchev–Trinajstić information content (AvgIpc) is 2.35. The summed E-state index contributed by atoms with van der Waals surface area (Å²) in [6, 6.07) is -1.24. The number of hydrogen-bond donors (Lipinski definition) is 3. The average molecular weight is 294 g/mol. The van der Waals surface area contributed by atoms with Gasteiger partial charge in [-0.3, -0.25) is 10.1 Å². The largest absolute Gasteiger partial charge is 0.426 e. The van der Waals surface area contributed by atoms with Crippen LogP contribution in [0.2, 0.25) is 0 Å². The van der Waals surface area contributed by atoms with Gasteiger partial charge in [0.1, 0.15) is 5.54 Å². The molecule has 1 saturated heterocycles. The molecule has 0 aromatic rings. The van der Waals surface area contributed by atoms with Crippen molar-refractivity contribution in [2.75, 3.05) is 0 Å². The van der Waals surface area contributed by atoms with Crippen molar-refractivity contribution < 1.29 is 41.0 Å². The Morgan fingerprint density at radius 2 is 1.53 bits per heavy atom. The van der Waals surface area contributed by atoms with E-state index in [9.17, 15) is 35.9 Å². The first kappa shape index (κ1) is 15.5. The number of alkyl halides is 6. The monoisotopic (exact) mass is 294 g/mol. The second-order valence-electron chi connectivity index (χ2n) is 4.27. The predicted molar refractivity (Wildman–Crippen MR) is 46.8 cm³/mol. The first-order chi connectivity index (χ1) is 8.23. The van der Waals surface area contributed by atoms with E-state index in [1.165, 1.54) is 5.32 Å². The molecule has 19 heavy (non-hydrogen) atoms. The molecule has 1 aliphatic heterocycles. The fourth-order valence-corrected chi connectivity index (χ4v) is 1.58. The van der Waals surface area contributed by atoms with Gasteiger partial charge in [-0.05, 0) is 6.92 Å². The van der Waals surface area contributed by atoms with E-state index < -0.39 is 41.9 Å². The van der Waals surface area contributed by atoms with Crippen LogP contribution in [0, 0.1) is 0 Å². The molecule has 1 aliphatic rings. The van der Waals surface area contributed by atoms with Gasteiger partial charge in [0.15, 0.2) is 0 Å². The Hall–Kier alpha value is -1.52. The van der Waals surface area contributed by atoms with Gasteiger partial charge < -0.3 is 10.4 Å². The standard InChI is InChI=1S/C8H8F6N2O3/c1-5(3(17)15-4(18)16-5)2-6(19,7(9,10)11)8(12,13)14/h19H,2H2,1H3,(H2,15,16,17,18)/t5-/m0/s1. The van der Waals surface area contributed by atoms with E-state index >= 15 is 0 Å². The third-order valence-electron chi connectivity index (χ3n) is 2.66. The first-order valence-electron chi connectivity index (χ1n) is 4.72. The van der Waals surface area contributed by atoms with E-state index in [4.69, 9.17) is 5.11 Å². The van der Waals surface area contributed by atoms with E-state index in [1.54, 1.807) is 5.32 Å². The van der Waals surface area contributed by atoms with Gasteiger partial charge in [0, 0.05) is 6.42 Å². The number of halogens is 6. The Balaban J connectivity index is 3.18. The third-order valence-corrected chi connectivity index (χ3v) is 2.66. The first-order valence-corrected chi connectivity index (χ1v) is 4.72. The summed E-state index contributed by atoms with van der Waals surface area (Å²) in [5.74, 6) is -1.38. The molecule has 0 aliphatic carbocycles. The van der Waals surface area contributed by atoms with Crippen LogP contribution in [0.25, 0.3) is 0 Å². The molecule has 3 amide bonds. The molecule has 1 atom stereocenters. The zero-order valence-electron chi connectivity index (χ0n) is 9.24. The predicted octanol–water partition coefficient (Wildman–Crippen LogP) is 0.830. The van der Waals surface area contributed by atoms with Gasteiger partial charge in [-0.2, -0.15) is 26.3 Å². The van der Waals surface area contributed by atoms with Crippen molar-refractivity contribution in [2.45, 2.75) is 36.8 Å². The van der Waals surface area contributed by atoms with Crippen molar-refractivity contribution in [1.82, 2.24) is 10.6 Å². The SMILES string of the molecule is C[C@@]1(CC(O)(C(F)(F)F)C(F)(F)F)NC(=O)NC1=O. The molecule has 1 rings (SSSR count). The van der Waals surface area contributed by atoms with Crippen molar-refractivity contribution in [1.29, 1.82) is 0 Å². The Labute approximate surface area is 101 Å². The highest BCUT2D eigenvalue weighted by Gasteiger charge is 2.72. The zero-order chi connectivity index (χ0) is 15.3. The summed E-state index contributed by atoms with van der Waals surface area (Å²) >= 11 is 0. The quantitative estimate of drug-likeness (QED) is 0.521. The van der Waals surface area contributed by atoms with E-state index in [-0.39, 0.29) is 0 Å². The van der Waals surface area contributed by atoms with Gasteiger partial charge in [0.25, 0.3) is 11.5 Å². The summed E-state index contributed by atoms with van der Waals surface area (Å²) in [5, 5.41) is 12.1. The fraction of sp³-hybridized carbons (Fsp3) is 0.750. The number of carbonyl (C=O) groups is 2. The zero-order valence-corrected chi connectivity index (χ0v) is 9.24. The number of carbonyl (C=O) groups excluding carboxylic acids is 2. The molecule has 1 fully saturated rings. The van der Waals surface area contributed by atoms with Crippen LogP contribution in [0.4, 0.5) is 31.1 Å². The lowest BCUT2D eigenvalue weighted by Gasteiger charge is -2.36. The molecule has 110 valence electrons. The minimum Gasteiger partial charge on any atom is -0.374 e. The Morgan fingerprint density at radius 3 is 1.79 bits per heavy atom. The highest BCUT2D eigenvalue weighted by Crippen LogP contribution is 2.47. The lowest BCUT2D eigenvalue weighted by atomic mass is 9.84. The number of hydrogen-bond acceptors (Lipinski definition) is 3. The number of amides is 3. The van der Waals surface area contributed by atoms with E-state index in [0.29, 0.717) is 6.92 Å². The van der Waals surface area contributed by atoms with Gasteiger partial charge in [-0.15, -0.1) is 0 Å². The second kappa shape index (κ2) is 3.99. The second-order valence-corrected chi connectivity index (χ2v) is 4.27. The molecule has 0 bridgehead atoms. The van der Waals surface area contributed by atoms with Crippen molar-refractivity contribution >= 4 is 11.9 Å². The number of urea groups is 1. The molecule has 11 heteroatoms. The topological polar surface area (TPSA) is 78.4 Å². The van der Waals surface area contributed by atoms with Crippen molar-refractivity contribution in [3.8, 4) is 0 Å². The molecule has 0 spiro atoms. The smallest absolute Gasteiger partial charge is 0.374 e. The highest BCUT2D eigenvalue weighted by atomic mass is 19.4. The fourth-order valence-electron chi connectivity index (χ4n) is 1.58. The van der Waals surface area contributed by atoms with E-state index in [1.807, 2.05) is 0 Å². The molecular formula is C8H8F6N2O3. The van der Waals surface area contributed by atoms with Crippen LogP contribution in [-0.2, 0) is 4.79 Å². The minimum atomic E-state index is -6.05. The summed E-state index contributed by atoms with van der Waals surface area (Å²) in [6.07, 6.45) is -14.2. The van der Waals surface area contributed by atoms with Crippen LogP contribution >= 0.6 is 0 Å². The van der Waals surface area contributed by atoms with Crippen molar-refractivity contribution in [3.63, 3.8) is 0 Å². The summed E-state index contributed by atoms with van der Waals surface area (Å²) in [5.41, 5.74) is -7.62. The number of rotatable bonds is 2. The lowest BCUT2D eigenvalue weighted by Crippen LogP contribution is -2.63. The summed E-state index contributed by atoms with van der Waals surface area (Å²) in [7, 11) is 0. The maximum atomic E-state index is 12.4.